The number of hydrogen-bond acceptors (Lipinski definition) is 5. The predicted molar refractivity (Wildman–Crippen MR) is 129 cm³/mol. The number of carbonyl (C=O) groups excluding carboxylic acids is 2. The Hall–Kier alpha value is -1.20. The van der Waals surface area contributed by atoms with Crippen LogP contribution in [0.3, 0.4) is 0 Å². The maximum Gasteiger partial charge on any atom is 0.306 e. The fourth-order valence-electron chi connectivity index (χ4n) is 4.69. The number of esters is 1. The molecule has 5 heteroatoms. The van der Waals surface area contributed by atoms with Crippen molar-refractivity contribution in [3.05, 3.63) is 12.2 Å². The van der Waals surface area contributed by atoms with Gasteiger partial charge in [-0.2, -0.15) is 0 Å². The Bertz CT molecular complexity index is 542. The number of aliphatic hydroxyl groups is 2. The summed E-state index contributed by atoms with van der Waals surface area (Å²) >= 11 is 0. The molecule has 5 nitrogen and oxygen atoms in total. The second-order valence-corrected chi connectivity index (χ2v) is 9.78. The molecule has 0 amide bonds. The Labute approximate surface area is 196 Å². The molecule has 0 radical (unpaired) electrons. The molecule has 32 heavy (non-hydrogen) atoms. The maximum absolute atomic E-state index is 12.2. The Morgan fingerprint density at radius 3 is 2.25 bits per heavy atom. The molecular weight excluding hydrogens is 404 g/mol. The van der Waals surface area contributed by atoms with E-state index in [9.17, 15) is 19.8 Å². The first-order valence-electron chi connectivity index (χ1n) is 13.1. The van der Waals surface area contributed by atoms with Crippen LogP contribution in [0.2, 0.25) is 0 Å². The van der Waals surface area contributed by atoms with Gasteiger partial charge in [-0.05, 0) is 70.6 Å². The van der Waals surface area contributed by atoms with E-state index in [1.165, 1.54) is 19.3 Å². The van der Waals surface area contributed by atoms with E-state index in [-0.39, 0.29) is 23.9 Å². The lowest BCUT2D eigenvalue weighted by molar-refractivity contribution is -0.147. The van der Waals surface area contributed by atoms with Gasteiger partial charge in [-0.25, -0.2) is 0 Å². The lowest BCUT2D eigenvalue weighted by Gasteiger charge is -2.22. The first kappa shape index (κ1) is 28.8. The van der Waals surface area contributed by atoms with Crippen molar-refractivity contribution in [1.82, 2.24) is 0 Å². The lowest BCUT2D eigenvalue weighted by Crippen LogP contribution is -2.22. The highest BCUT2D eigenvalue weighted by Gasteiger charge is 2.40. The van der Waals surface area contributed by atoms with Gasteiger partial charge in [0.25, 0.3) is 0 Å². The number of Topliss-reactive ketones (excluding diaryl/α,β-unsaturated/α-hetero) is 1. The molecule has 1 aliphatic rings. The third-order valence-electron chi connectivity index (χ3n) is 6.53. The Morgan fingerprint density at radius 2 is 1.53 bits per heavy atom. The molecule has 0 spiro atoms. The van der Waals surface area contributed by atoms with Crippen molar-refractivity contribution in [3.63, 3.8) is 0 Å². The normalized spacial score (nSPS) is 23.3. The van der Waals surface area contributed by atoms with Crippen molar-refractivity contribution in [2.75, 3.05) is 0 Å². The van der Waals surface area contributed by atoms with Gasteiger partial charge in [-0.1, -0.05) is 51.2 Å². The van der Waals surface area contributed by atoms with Gasteiger partial charge in [0.1, 0.15) is 5.78 Å². The van der Waals surface area contributed by atoms with Crippen LogP contribution in [0.25, 0.3) is 0 Å². The zero-order valence-corrected chi connectivity index (χ0v) is 20.8. The molecule has 2 N–H and O–H groups in total. The molecule has 1 rings (SSSR count). The first-order valence-corrected chi connectivity index (χ1v) is 13.1. The van der Waals surface area contributed by atoms with Gasteiger partial charge in [0.05, 0.1) is 18.3 Å². The molecule has 1 fully saturated rings. The average molecular weight is 453 g/mol. The second-order valence-electron chi connectivity index (χ2n) is 9.78. The number of unbranched alkanes of at least 4 members (excludes halogenated alkanes) is 7. The van der Waals surface area contributed by atoms with Gasteiger partial charge >= 0.3 is 5.97 Å². The Balaban J connectivity index is 2.24. The average Bonchev–Trinajstić information content (AvgIpc) is 3.00. The Morgan fingerprint density at radius 1 is 0.875 bits per heavy atom. The van der Waals surface area contributed by atoms with E-state index in [0.717, 1.165) is 44.9 Å². The molecule has 0 bridgehead atoms. The minimum absolute atomic E-state index is 0.00524. The summed E-state index contributed by atoms with van der Waals surface area (Å²) in [4.78, 5) is 23.7. The summed E-state index contributed by atoms with van der Waals surface area (Å²) in [6.45, 7) is 5.91. The van der Waals surface area contributed by atoms with Crippen LogP contribution in [0.1, 0.15) is 117 Å². The van der Waals surface area contributed by atoms with Gasteiger partial charge in [0.2, 0.25) is 0 Å². The van der Waals surface area contributed by atoms with Crippen LogP contribution >= 0.6 is 0 Å². The molecular formula is C27H48O5. The van der Waals surface area contributed by atoms with Crippen LogP contribution in [0.4, 0.5) is 0 Å². The fraction of sp³-hybridized carbons (Fsp3) is 0.852. The highest BCUT2D eigenvalue weighted by atomic mass is 16.5. The number of ketones is 1. The van der Waals surface area contributed by atoms with E-state index in [1.807, 2.05) is 13.8 Å². The predicted octanol–water partition coefficient (Wildman–Crippen LogP) is 5.90. The summed E-state index contributed by atoms with van der Waals surface area (Å²) in [5.74, 6) is 0.210. The molecule has 1 saturated carbocycles. The summed E-state index contributed by atoms with van der Waals surface area (Å²) < 4.78 is 5.13. The quantitative estimate of drug-likeness (QED) is 0.154. The summed E-state index contributed by atoms with van der Waals surface area (Å²) in [6.07, 6.45) is 16.3. The van der Waals surface area contributed by atoms with E-state index in [4.69, 9.17) is 4.74 Å². The van der Waals surface area contributed by atoms with Crippen molar-refractivity contribution in [2.45, 2.75) is 135 Å². The summed E-state index contributed by atoms with van der Waals surface area (Å²) in [5.41, 5.74) is 0. The van der Waals surface area contributed by atoms with Gasteiger partial charge in [-0.3, -0.25) is 9.59 Å². The zero-order valence-electron chi connectivity index (χ0n) is 20.8. The van der Waals surface area contributed by atoms with Crippen molar-refractivity contribution < 1.29 is 24.5 Å². The van der Waals surface area contributed by atoms with Crippen LogP contribution in [-0.2, 0) is 14.3 Å². The molecule has 186 valence electrons. The van der Waals surface area contributed by atoms with Gasteiger partial charge in [0.15, 0.2) is 0 Å². The maximum atomic E-state index is 12.2. The minimum Gasteiger partial charge on any atom is -0.463 e. The SMILES string of the molecule is CCCCCCCC(=O)CC[C@H]1C(O)CC(O)C1CC=CCCCCCC(=O)OC(C)C. The third-order valence-corrected chi connectivity index (χ3v) is 6.53. The summed E-state index contributed by atoms with van der Waals surface area (Å²) in [5, 5.41) is 20.8. The summed E-state index contributed by atoms with van der Waals surface area (Å²) in [7, 11) is 0. The third kappa shape index (κ3) is 12.7. The molecule has 3 unspecified atom stereocenters. The van der Waals surface area contributed by atoms with Crippen LogP contribution in [0.15, 0.2) is 12.2 Å². The number of ether oxygens (including phenoxy) is 1. The number of hydrogen-bond donors (Lipinski definition) is 2. The number of rotatable bonds is 18. The fourth-order valence-corrected chi connectivity index (χ4v) is 4.69. The molecule has 0 heterocycles. The first-order chi connectivity index (χ1) is 15.3. The number of aliphatic hydroxyl groups excluding tert-OH is 2. The van der Waals surface area contributed by atoms with E-state index in [2.05, 4.69) is 19.1 Å². The van der Waals surface area contributed by atoms with E-state index < -0.39 is 12.2 Å². The zero-order chi connectivity index (χ0) is 23.8. The number of allylic oxidation sites excluding steroid dienone is 2. The second kappa shape index (κ2) is 17.3. The molecule has 0 aliphatic heterocycles. The highest BCUT2D eigenvalue weighted by molar-refractivity contribution is 5.78. The van der Waals surface area contributed by atoms with Gasteiger partial charge in [0, 0.05) is 19.3 Å². The molecule has 0 saturated heterocycles. The van der Waals surface area contributed by atoms with Gasteiger partial charge in [-0.15, -0.1) is 0 Å². The van der Waals surface area contributed by atoms with Crippen molar-refractivity contribution in [2.24, 2.45) is 11.8 Å². The Kier molecular flexibility index (Phi) is 15.6. The highest BCUT2D eigenvalue weighted by Crippen LogP contribution is 2.38. The van der Waals surface area contributed by atoms with Gasteiger partial charge < -0.3 is 14.9 Å². The van der Waals surface area contributed by atoms with Crippen molar-refractivity contribution in [1.29, 1.82) is 0 Å². The molecule has 0 aromatic carbocycles. The smallest absolute Gasteiger partial charge is 0.306 e. The molecule has 0 aromatic heterocycles. The topological polar surface area (TPSA) is 83.8 Å². The summed E-state index contributed by atoms with van der Waals surface area (Å²) in [6, 6.07) is 0. The van der Waals surface area contributed by atoms with Crippen LogP contribution in [-0.4, -0.2) is 40.3 Å². The van der Waals surface area contributed by atoms with Crippen LogP contribution in [0, 0.1) is 11.8 Å². The standard InChI is InChI=1S/C27H48O5/c1-4-5-6-9-12-15-22(28)18-19-24-23(25(29)20-26(24)30)16-13-10-7-8-11-14-17-27(31)32-21(2)3/h10,13,21,23-26,29-30H,4-9,11-12,14-20H2,1-3H3/t23?,24-,25?,26?/m1/s1. The van der Waals surface area contributed by atoms with E-state index in [1.54, 1.807) is 0 Å². The van der Waals surface area contributed by atoms with Crippen LogP contribution < -0.4 is 0 Å². The lowest BCUT2D eigenvalue weighted by atomic mass is 9.86. The largest absolute Gasteiger partial charge is 0.463 e. The van der Waals surface area contributed by atoms with E-state index in [0.29, 0.717) is 37.9 Å². The van der Waals surface area contributed by atoms with Crippen molar-refractivity contribution >= 4 is 11.8 Å². The van der Waals surface area contributed by atoms with E-state index >= 15 is 0 Å². The molecule has 4 atom stereocenters. The van der Waals surface area contributed by atoms with Crippen LogP contribution in [0.5, 0.6) is 0 Å². The molecule has 1 aliphatic carbocycles. The minimum atomic E-state index is -0.508. The monoisotopic (exact) mass is 452 g/mol. The number of carbonyl (C=O) groups is 2. The van der Waals surface area contributed by atoms with Crippen molar-refractivity contribution in [3.8, 4) is 0 Å². The molecule has 0 aromatic rings.